The highest BCUT2D eigenvalue weighted by molar-refractivity contribution is 7.89. The van der Waals surface area contributed by atoms with Gasteiger partial charge in [0, 0.05) is 5.39 Å². The molecule has 0 amide bonds. The summed E-state index contributed by atoms with van der Waals surface area (Å²) in [6.45, 7) is -0.692. The van der Waals surface area contributed by atoms with E-state index < -0.39 is 22.2 Å². The van der Waals surface area contributed by atoms with Crippen molar-refractivity contribution in [2.24, 2.45) is 0 Å². The number of hydrogen-bond acceptors (Lipinski definition) is 4. The lowest BCUT2D eigenvalue weighted by Crippen LogP contribution is -2.63. The molecule has 1 aromatic carbocycles. The van der Waals surface area contributed by atoms with Gasteiger partial charge in [-0.05, 0) is 18.2 Å². The number of H-pyrrole nitrogens is 1. The van der Waals surface area contributed by atoms with Gasteiger partial charge in [-0.25, -0.2) is 12.8 Å². The number of aromatic amines is 1. The Labute approximate surface area is 109 Å². The molecular weight excluding hydrogens is 273 g/mol. The first-order valence-corrected chi connectivity index (χ1v) is 7.14. The van der Waals surface area contributed by atoms with Crippen LogP contribution < -0.4 is 4.72 Å². The van der Waals surface area contributed by atoms with Crippen molar-refractivity contribution >= 4 is 20.9 Å². The molecule has 1 saturated heterocycles. The molecule has 102 valence electrons. The second-order valence-electron chi connectivity index (χ2n) is 4.63. The number of alkyl halides is 1. The number of benzene rings is 1. The van der Waals surface area contributed by atoms with Gasteiger partial charge in [-0.15, -0.1) is 0 Å². The van der Waals surface area contributed by atoms with Gasteiger partial charge in [-0.2, -0.15) is 9.82 Å². The molecule has 3 rings (SSSR count). The molecule has 0 saturated carbocycles. The van der Waals surface area contributed by atoms with E-state index >= 15 is 0 Å². The molecule has 0 spiro atoms. The van der Waals surface area contributed by atoms with Crippen molar-refractivity contribution in [1.29, 1.82) is 0 Å². The van der Waals surface area contributed by atoms with E-state index in [1.807, 2.05) is 0 Å². The number of nitrogens with zero attached hydrogens (tertiary/aromatic N) is 1. The molecule has 0 unspecified atom stereocenters. The third-order valence-electron chi connectivity index (χ3n) is 3.09. The predicted octanol–water partition coefficient (Wildman–Crippen LogP) is 0.580. The molecule has 1 aromatic heterocycles. The van der Waals surface area contributed by atoms with E-state index in [1.54, 1.807) is 12.3 Å². The highest BCUT2D eigenvalue weighted by Gasteiger charge is 2.42. The second kappa shape index (κ2) is 4.26. The van der Waals surface area contributed by atoms with Gasteiger partial charge in [0.2, 0.25) is 10.0 Å². The Bertz CT molecular complexity index is 703. The van der Waals surface area contributed by atoms with E-state index in [-0.39, 0.29) is 18.1 Å². The van der Waals surface area contributed by atoms with Crippen LogP contribution in [0.1, 0.15) is 0 Å². The zero-order valence-electron chi connectivity index (χ0n) is 9.89. The fraction of sp³-hybridized carbons (Fsp3) is 0.364. The largest absolute Gasteiger partial charge is 0.377 e. The number of hydrogen-bond donors (Lipinski definition) is 2. The lowest BCUT2D eigenvalue weighted by atomic mass is 10.0. The van der Waals surface area contributed by atoms with E-state index in [0.717, 1.165) is 5.39 Å². The average Bonchev–Trinajstić information content (AvgIpc) is 2.81. The standard InChI is InChI=1S/C11H12FN3O3S/c12-5-11(6-18-7-11)15-19(16,17)9-2-1-8-4-13-14-10(8)3-9/h1-4,15H,5-7H2,(H,13,14). The van der Waals surface area contributed by atoms with Crippen LogP contribution in [0.2, 0.25) is 0 Å². The maximum absolute atomic E-state index is 12.9. The Morgan fingerprint density at radius 2 is 2.26 bits per heavy atom. The molecule has 0 atom stereocenters. The molecule has 2 N–H and O–H groups in total. The van der Waals surface area contributed by atoms with E-state index in [0.29, 0.717) is 5.52 Å². The van der Waals surface area contributed by atoms with E-state index in [9.17, 15) is 12.8 Å². The van der Waals surface area contributed by atoms with Gasteiger partial charge < -0.3 is 4.74 Å². The number of rotatable bonds is 4. The molecule has 6 nitrogen and oxygen atoms in total. The van der Waals surface area contributed by atoms with E-state index in [1.165, 1.54) is 12.1 Å². The quantitative estimate of drug-likeness (QED) is 0.860. The molecule has 8 heteroatoms. The molecule has 1 aliphatic heterocycles. The van der Waals surface area contributed by atoms with Crippen LogP contribution in [0.25, 0.3) is 10.9 Å². The van der Waals surface area contributed by atoms with Gasteiger partial charge in [0.25, 0.3) is 0 Å². The van der Waals surface area contributed by atoms with Crippen molar-refractivity contribution in [3.8, 4) is 0 Å². The van der Waals surface area contributed by atoms with E-state index in [2.05, 4.69) is 14.9 Å². The molecule has 0 bridgehead atoms. The molecule has 0 aliphatic carbocycles. The highest BCUT2D eigenvalue weighted by Crippen LogP contribution is 2.23. The Hall–Kier alpha value is -1.51. The Morgan fingerprint density at radius 3 is 2.89 bits per heavy atom. The van der Waals surface area contributed by atoms with Crippen molar-refractivity contribution in [2.45, 2.75) is 10.4 Å². The summed E-state index contributed by atoms with van der Waals surface area (Å²) in [6, 6.07) is 4.58. The molecule has 1 aliphatic rings. The zero-order valence-corrected chi connectivity index (χ0v) is 10.7. The first kappa shape index (κ1) is 12.5. The molecular formula is C11H12FN3O3S. The summed E-state index contributed by atoms with van der Waals surface area (Å²) < 4.78 is 44.6. The molecule has 0 radical (unpaired) electrons. The monoisotopic (exact) mass is 285 g/mol. The number of fused-ring (bicyclic) bond motifs is 1. The zero-order chi connectivity index (χ0) is 13.5. The number of halogens is 1. The topological polar surface area (TPSA) is 84.1 Å². The SMILES string of the molecule is O=S(=O)(NC1(CF)COC1)c1ccc2cn[nH]c2c1. The maximum Gasteiger partial charge on any atom is 0.241 e. The fourth-order valence-electron chi connectivity index (χ4n) is 1.94. The van der Waals surface area contributed by atoms with Crippen LogP contribution in [0.5, 0.6) is 0 Å². The van der Waals surface area contributed by atoms with Crippen LogP contribution in [-0.2, 0) is 14.8 Å². The minimum atomic E-state index is -3.78. The summed E-state index contributed by atoms with van der Waals surface area (Å²) >= 11 is 0. The highest BCUT2D eigenvalue weighted by atomic mass is 32.2. The molecule has 2 heterocycles. The van der Waals surface area contributed by atoms with Crippen molar-refractivity contribution in [3.05, 3.63) is 24.4 Å². The van der Waals surface area contributed by atoms with Crippen LogP contribution in [0.3, 0.4) is 0 Å². The number of nitrogens with one attached hydrogen (secondary N) is 2. The van der Waals surface area contributed by atoms with Gasteiger partial charge >= 0.3 is 0 Å². The summed E-state index contributed by atoms with van der Waals surface area (Å²) in [5.41, 5.74) is -0.510. The molecule has 2 aromatic rings. The summed E-state index contributed by atoms with van der Waals surface area (Å²) in [6.07, 6.45) is 1.60. The average molecular weight is 285 g/mol. The summed E-state index contributed by atoms with van der Waals surface area (Å²) in [7, 11) is -3.78. The van der Waals surface area contributed by atoms with Crippen LogP contribution in [-0.4, -0.2) is 44.0 Å². The lowest BCUT2D eigenvalue weighted by molar-refractivity contribution is -0.0725. The summed E-state index contributed by atoms with van der Waals surface area (Å²) in [4.78, 5) is 0.0731. The van der Waals surface area contributed by atoms with E-state index in [4.69, 9.17) is 4.74 Å². The number of aromatic nitrogens is 2. The van der Waals surface area contributed by atoms with Crippen molar-refractivity contribution in [2.75, 3.05) is 19.9 Å². The van der Waals surface area contributed by atoms with Gasteiger partial charge in [-0.3, -0.25) is 5.10 Å². The first-order valence-electron chi connectivity index (χ1n) is 5.66. The van der Waals surface area contributed by atoms with Gasteiger partial charge in [0.1, 0.15) is 12.2 Å². The minimum absolute atomic E-state index is 0.0506. The smallest absolute Gasteiger partial charge is 0.241 e. The number of ether oxygens (including phenoxy) is 1. The Balaban J connectivity index is 1.94. The fourth-order valence-corrected chi connectivity index (χ4v) is 3.32. The van der Waals surface area contributed by atoms with Crippen molar-refractivity contribution in [1.82, 2.24) is 14.9 Å². The number of sulfonamides is 1. The normalized spacial score (nSPS) is 18.4. The third-order valence-corrected chi connectivity index (χ3v) is 4.66. The summed E-state index contributed by atoms with van der Waals surface area (Å²) in [5, 5.41) is 7.33. The molecule has 1 fully saturated rings. The Kier molecular flexibility index (Phi) is 2.80. The molecule has 19 heavy (non-hydrogen) atoms. The van der Waals surface area contributed by atoms with Crippen LogP contribution >= 0.6 is 0 Å². The van der Waals surface area contributed by atoms with Gasteiger partial charge in [0.05, 0.1) is 29.8 Å². The van der Waals surface area contributed by atoms with Gasteiger partial charge in [-0.1, -0.05) is 0 Å². The van der Waals surface area contributed by atoms with Crippen LogP contribution in [0.4, 0.5) is 4.39 Å². The maximum atomic E-state index is 12.9. The van der Waals surface area contributed by atoms with Crippen molar-refractivity contribution < 1.29 is 17.5 Å². The third kappa shape index (κ3) is 2.11. The van der Waals surface area contributed by atoms with Crippen LogP contribution in [0, 0.1) is 0 Å². The second-order valence-corrected chi connectivity index (χ2v) is 6.31. The predicted molar refractivity (Wildman–Crippen MR) is 65.9 cm³/mol. The van der Waals surface area contributed by atoms with Gasteiger partial charge in [0.15, 0.2) is 0 Å². The summed E-state index contributed by atoms with van der Waals surface area (Å²) in [5.74, 6) is 0. The van der Waals surface area contributed by atoms with Crippen molar-refractivity contribution in [3.63, 3.8) is 0 Å². The Morgan fingerprint density at radius 1 is 1.47 bits per heavy atom. The lowest BCUT2D eigenvalue weighted by Gasteiger charge is -2.39. The first-order chi connectivity index (χ1) is 9.05. The van der Waals surface area contributed by atoms with Crippen LogP contribution in [0.15, 0.2) is 29.3 Å². The minimum Gasteiger partial charge on any atom is -0.377 e.